The largest absolute Gasteiger partial charge is 0.574 e. The predicted molar refractivity (Wildman–Crippen MR) is 27.3 cm³/mol. The summed E-state index contributed by atoms with van der Waals surface area (Å²) in [4.78, 5) is 0. The molecule has 0 atom stereocenters. The Balaban J connectivity index is 2.38. The SMILES string of the molecule is FC(F)(F)OC1=CC[CH]N1. The molecule has 1 radical (unpaired) electrons. The monoisotopic (exact) mass is 152 g/mol. The van der Waals surface area contributed by atoms with Gasteiger partial charge < -0.3 is 10.1 Å². The minimum atomic E-state index is -4.59. The Hall–Kier alpha value is -0.870. The lowest BCUT2D eigenvalue weighted by molar-refractivity contribution is -0.307. The van der Waals surface area contributed by atoms with E-state index in [-0.39, 0.29) is 5.88 Å². The van der Waals surface area contributed by atoms with Gasteiger partial charge in [-0.15, -0.1) is 13.2 Å². The fourth-order valence-electron chi connectivity index (χ4n) is 0.580. The van der Waals surface area contributed by atoms with Gasteiger partial charge >= 0.3 is 6.36 Å². The van der Waals surface area contributed by atoms with Crippen molar-refractivity contribution in [2.24, 2.45) is 0 Å². The van der Waals surface area contributed by atoms with Crippen LogP contribution in [0.3, 0.4) is 0 Å². The molecule has 0 unspecified atom stereocenters. The smallest absolute Gasteiger partial charge is 0.391 e. The zero-order chi connectivity index (χ0) is 7.61. The number of ether oxygens (including phenoxy) is 1. The minimum Gasteiger partial charge on any atom is -0.391 e. The van der Waals surface area contributed by atoms with Crippen LogP contribution in [0.25, 0.3) is 0 Å². The van der Waals surface area contributed by atoms with E-state index in [1.807, 2.05) is 0 Å². The van der Waals surface area contributed by atoms with Crippen molar-refractivity contribution in [3.05, 3.63) is 18.5 Å². The molecular formula is C5H5F3NO. The molecule has 0 saturated carbocycles. The van der Waals surface area contributed by atoms with Gasteiger partial charge in [-0.25, -0.2) is 0 Å². The van der Waals surface area contributed by atoms with Crippen LogP contribution in [0.4, 0.5) is 13.2 Å². The van der Waals surface area contributed by atoms with Crippen LogP contribution < -0.4 is 5.32 Å². The maximum absolute atomic E-state index is 11.4. The van der Waals surface area contributed by atoms with Gasteiger partial charge in [0, 0.05) is 0 Å². The molecule has 5 heteroatoms. The van der Waals surface area contributed by atoms with Gasteiger partial charge in [0.2, 0.25) is 0 Å². The molecule has 1 heterocycles. The number of halogens is 3. The number of hydrogen-bond donors (Lipinski definition) is 1. The van der Waals surface area contributed by atoms with E-state index >= 15 is 0 Å². The van der Waals surface area contributed by atoms with E-state index in [4.69, 9.17) is 0 Å². The van der Waals surface area contributed by atoms with Gasteiger partial charge in [-0.05, 0) is 12.5 Å². The quantitative estimate of drug-likeness (QED) is 0.615. The number of alkyl halides is 3. The lowest BCUT2D eigenvalue weighted by atomic mass is 10.5. The fourth-order valence-corrected chi connectivity index (χ4v) is 0.580. The number of hydrogen-bond acceptors (Lipinski definition) is 2. The van der Waals surface area contributed by atoms with Gasteiger partial charge in [-0.2, -0.15) is 0 Å². The van der Waals surface area contributed by atoms with Crippen LogP contribution >= 0.6 is 0 Å². The summed E-state index contributed by atoms with van der Waals surface area (Å²) in [6, 6.07) is 0. The summed E-state index contributed by atoms with van der Waals surface area (Å²) in [5.74, 6) is -0.243. The van der Waals surface area contributed by atoms with Gasteiger partial charge in [0.25, 0.3) is 0 Å². The Morgan fingerprint density at radius 1 is 1.50 bits per heavy atom. The second-order valence-corrected chi connectivity index (χ2v) is 1.70. The van der Waals surface area contributed by atoms with Crippen LogP contribution in [0.5, 0.6) is 0 Å². The van der Waals surface area contributed by atoms with Gasteiger partial charge in [0.15, 0.2) is 5.88 Å². The third kappa shape index (κ3) is 2.16. The molecule has 0 spiro atoms. The predicted octanol–water partition coefficient (Wildman–Crippen LogP) is 1.52. The van der Waals surface area contributed by atoms with Crippen molar-refractivity contribution in [2.45, 2.75) is 12.8 Å². The first-order chi connectivity index (χ1) is 4.58. The lowest BCUT2D eigenvalue weighted by Gasteiger charge is -2.08. The maximum Gasteiger partial charge on any atom is 0.574 e. The molecular weight excluding hydrogens is 147 g/mol. The highest BCUT2D eigenvalue weighted by atomic mass is 19.4. The van der Waals surface area contributed by atoms with Crippen molar-refractivity contribution >= 4 is 0 Å². The van der Waals surface area contributed by atoms with Crippen molar-refractivity contribution in [3.8, 4) is 0 Å². The van der Waals surface area contributed by atoms with Gasteiger partial charge in [0.05, 0.1) is 6.54 Å². The van der Waals surface area contributed by atoms with Crippen LogP contribution in [-0.2, 0) is 4.74 Å². The first kappa shape index (κ1) is 7.24. The summed E-state index contributed by atoms with van der Waals surface area (Å²) < 4.78 is 37.7. The van der Waals surface area contributed by atoms with Crippen molar-refractivity contribution in [3.63, 3.8) is 0 Å². The van der Waals surface area contributed by atoms with E-state index in [0.29, 0.717) is 6.42 Å². The summed E-state index contributed by atoms with van der Waals surface area (Å²) in [5.41, 5.74) is 0. The zero-order valence-electron chi connectivity index (χ0n) is 4.90. The molecule has 1 aliphatic rings. The lowest BCUT2D eigenvalue weighted by Crippen LogP contribution is -2.18. The Labute approximate surface area is 55.7 Å². The highest BCUT2D eigenvalue weighted by molar-refractivity contribution is 5.03. The fraction of sp³-hybridized carbons (Fsp3) is 0.400. The minimum absolute atomic E-state index is 0.243. The first-order valence-corrected chi connectivity index (χ1v) is 2.62. The van der Waals surface area contributed by atoms with Gasteiger partial charge in [-0.1, -0.05) is 0 Å². The highest BCUT2D eigenvalue weighted by Crippen LogP contribution is 2.21. The Bertz CT molecular complexity index is 151. The molecule has 1 N–H and O–H groups in total. The molecule has 10 heavy (non-hydrogen) atoms. The van der Waals surface area contributed by atoms with Crippen LogP contribution in [0.2, 0.25) is 0 Å². The standard InChI is InChI=1S/C5H5F3NO/c6-5(7,8)10-4-2-1-3-9-4/h2-3,9H,1H2. The molecule has 2 nitrogen and oxygen atoms in total. The molecule has 0 aromatic carbocycles. The van der Waals surface area contributed by atoms with E-state index in [1.165, 1.54) is 12.6 Å². The molecule has 0 aromatic heterocycles. The Morgan fingerprint density at radius 2 is 2.20 bits per heavy atom. The van der Waals surface area contributed by atoms with Crippen LogP contribution in [0, 0.1) is 6.54 Å². The summed E-state index contributed by atoms with van der Waals surface area (Å²) in [6.45, 7) is 1.47. The summed E-state index contributed by atoms with van der Waals surface area (Å²) in [6.07, 6.45) is -2.81. The van der Waals surface area contributed by atoms with Crippen molar-refractivity contribution in [1.82, 2.24) is 5.32 Å². The van der Waals surface area contributed by atoms with Crippen molar-refractivity contribution in [2.75, 3.05) is 0 Å². The van der Waals surface area contributed by atoms with Gasteiger partial charge in [-0.3, -0.25) is 0 Å². The number of nitrogens with one attached hydrogen (secondary N) is 1. The molecule has 0 fully saturated rings. The molecule has 1 rings (SSSR count). The normalized spacial score (nSPS) is 18.1. The molecule has 0 aliphatic carbocycles. The maximum atomic E-state index is 11.4. The van der Waals surface area contributed by atoms with Gasteiger partial charge in [0.1, 0.15) is 0 Å². The van der Waals surface area contributed by atoms with Crippen LogP contribution in [-0.4, -0.2) is 6.36 Å². The van der Waals surface area contributed by atoms with Crippen LogP contribution in [0.15, 0.2) is 12.0 Å². The Kier molecular flexibility index (Phi) is 1.74. The molecule has 0 saturated heterocycles. The molecule has 1 aliphatic heterocycles. The summed E-state index contributed by atoms with van der Waals surface area (Å²) in [5, 5.41) is 2.31. The van der Waals surface area contributed by atoms with E-state index in [2.05, 4.69) is 10.1 Å². The Morgan fingerprint density at radius 3 is 2.60 bits per heavy atom. The van der Waals surface area contributed by atoms with Crippen LogP contribution in [0.1, 0.15) is 6.42 Å². The van der Waals surface area contributed by atoms with Crippen molar-refractivity contribution < 1.29 is 17.9 Å². The second kappa shape index (κ2) is 2.40. The summed E-state index contributed by atoms with van der Waals surface area (Å²) in [7, 11) is 0. The zero-order valence-corrected chi connectivity index (χ0v) is 4.90. The third-order valence-corrected chi connectivity index (χ3v) is 0.891. The van der Waals surface area contributed by atoms with E-state index < -0.39 is 6.36 Å². The van der Waals surface area contributed by atoms with E-state index in [1.54, 1.807) is 0 Å². The van der Waals surface area contributed by atoms with E-state index in [9.17, 15) is 13.2 Å². The molecule has 0 amide bonds. The molecule has 0 aromatic rings. The first-order valence-electron chi connectivity index (χ1n) is 2.62. The molecule has 57 valence electrons. The average Bonchev–Trinajstić information content (AvgIpc) is 2.12. The topological polar surface area (TPSA) is 21.3 Å². The third-order valence-electron chi connectivity index (χ3n) is 0.891. The number of rotatable bonds is 1. The van der Waals surface area contributed by atoms with E-state index in [0.717, 1.165) is 0 Å². The summed E-state index contributed by atoms with van der Waals surface area (Å²) >= 11 is 0. The highest BCUT2D eigenvalue weighted by Gasteiger charge is 2.32. The molecule has 0 bridgehead atoms. The average molecular weight is 152 g/mol. The van der Waals surface area contributed by atoms with Crippen molar-refractivity contribution in [1.29, 1.82) is 0 Å². The second-order valence-electron chi connectivity index (χ2n) is 1.70.